The molecule has 7 rings (SSSR count). The standard InChI is InChI=1S/C48H59NO4S5/c1-6-11-14-15-16-17-25-49-47(50)39-40(48(49)51)46(58-45(39)36-21-18-26-54-36)37-23-22-35(56-37)38-28-34-42(53-30-32(10-5)20-13-8-3)43-33(24-27-55-43)41(44(34)57-38)52-29-31(9-4)19-12-7-2/h18,21-24,26-28,31-32H,6-17,19-20,25,29-30H2,1-5H3. The Morgan fingerprint density at radius 1 is 0.569 bits per heavy atom. The van der Waals surface area contributed by atoms with E-state index in [1.807, 2.05) is 11.4 Å². The molecule has 2 atom stereocenters. The van der Waals surface area contributed by atoms with Crippen molar-refractivity contribution in [3.8, 4) is 40.8 Å². The van der Waals surface area contributed by atoms with Gasteiger partial charge in [-0.3, -0.25) is 14.5 Å². The molecule has 5 aromatic heterocycles. The van der Waals surface area contributed by atoms with Gasteiger partial charge in [-0.05, 0) is 72.2 Å². The van der Waals surface area contributed by atoms with Gasteiger partial charge in [0.25, 0.3) is 11.8 Å². The average molecular weight is 874 g/mol. The van der Waals surface area contributed by atoms with Gasteiger partial charge in [0.05, 0.1) is 43.5 Å². The lowest BCUT2D eigenvalue weighted by molar-refractivity contribution is 0.0652. The predicted molar refractivity (Wildman–Crippen MR) is 253 cm³/mol. The van der Waals surface area contributed by atoms with E-state index in [9.17, 15) is 9.59 Å². The lowest BCUT2D eigenvalue weighted by Crippen LogP contribution is -2.31. The number of unbranched alkanes of at least 4 members (excludes halogenated alkanes) is 7. The van der Waals surface area contributed by atoms with Crippen molar-refractivity contribution >= 4 is 88.7 Å². The Hall–Kier alpha value is -3.02. The quantitative estimate of drug-likeness (QED) is 0.0449. The van der Waals surface area contributed by atoms with E-state index in [0.29, 0.717) is 42.7 Å². The van der Waals surface area contributed by atoms with Gasteiger partial charge in [-0.25, -0.2) is 0 Å². The third-order valence-electron chi connectivity index (χ3n) is 11.7. The number of hydrogen-bond acceptors (Lipinski definition) is 9. The van der Waals surface area contributed by atoms with Crippen LogP contribution in [0.2, 0.25) is 0 Å². The summed E-state index contributed by atoms with van der Waals surface area (Å²) in [5, 5.41) is 6.48. The molecule has 6 heterocycles. The number of imide groups is 1. The van der Waals surface area contributed by atoms with Gasteiger partial charge in [0, 0.05) is 36.8 Å². The number of fused-ring (bicyclic) bond motifs is 3. The van der Waals surface area contributed by atoms with Crippen LogP contribution in [0.3, 0.4) is 0 Å². The van der Waals surface area contributed by atoms with E-state index in [-0.39, 0.29) is 11.8 Å². The van der Waals surface area contributed by atoms with E-state index >= 15 is 0 Å². The summed E-state index contributed by atoms with van der Waals surface area (Å²) in [6.07, 6.45) is 16.1. The third kappa shape index (κ3) is 9.16. The molecule has 1 aliphatic heterocycles. The van der Waals surface area contributed by atoms with Crippen molar-refractivity contribution in [2.75, 3.05) is 19.8 Å². The van der Waals surface area contributed by atoms with E-state index in [2.05, 4.69) is 70.3 Å². The smallest absolute Gasteiger partial charge is 0.263 e. The molecule has 0 saturated carbocycles. The van der Waals surface area contributed by atoms with Crippen LogP contribution in [0.1, 0.15) is 145 Å². The molecule has 10 heteroatoms. The number of hydrogen-bond donors (Lipinski definition) is 0. The summed E-state index contributed by atoms with van der Waals surface area (Å²) in [4.78, 5) is 35.9. The molecule has 0 spiro atoms. The van der Waals surface area contributed by atoms with Gasteiger partial charge < -0.3 is 9.47 Å². The molecule has 58 heavy (non-hydrogen) atoms. The molecule has 0 radical (unpaired) electrons. The molecule has 6 aromatic rings. The first-order chi connectivity index (χ1) is 28.4. The Labute approximate surface area is 365 Å². The van der Waals surface area contributed by atoms with Crippen molar-refractivity contribution in [1.82, 2.24) is 4.90 Å². The van der Waals surface area contributed by atoms with Gasteiger partial charge in [-0.1, -0.05) is 111 Å². The zero-order valence-corrected chi connectivity index (χ0v) is 39.0. The Morgan fingerprint density at radius 3 is 1.83 bits per heavy atom. The van der Waals surface area contributed by atoms with Gasteiger partial charge >= 0.3 is 0 Å². The van der Waals surface area contributed by atoms with E-state index in [0.717, 1.165) is 93.0 Å². The topological polar surface area (TPSA) is 55.8 Å². The zero-order valence-electron chi connectivity index (χ0n) is 34.9. The van der Waals surface area contributed by atoms with Crippen LogP contribution >= 0.6 is 56.7 Å². The number of ether oxygens (including phenoxy) is 2. The van der Waals surface area contributed by atoms with Crippen LogP contribution in [0.5, 0.6) is 11.5 Å². The lowest BCUT2D eigenvalue weighted by Gasteiger charge is -2.19. The van der Waals surface area contributed by atoms with Crippen LogP contribution < -0.4 is 9.47 Å². The molecule has 310 valence electrons. The number of rotatable bonds is 24. The fourth-order valence-electron chi connectivity index (χ4n) is 8.05. The first-order valence-electron chi connectivity index (χ1n) is 21.8. The monoisotopic (exact) mass is 873 g/mol. The van der Waals surface area contributed by atoms with Crippen LogP contribution in [0.15, 0.2) is 47.2 Å². The van der Waals surface area contributed by atoms with Crippen molar-refractivity contribution < 1.29 is 19.1 Å². The second-order valence-corrected chi connectivity index (χ2v) is 20.8. The molecule has 2 amide bonds. The maximum atomic E-state index is 14.2. The summed E-state index contributed by atoms with van der Waals surface area (Å²) in [5.41, 5.74) is 1.18. The van der Waals surface area contributed by atoms with Crippen LogP contribution in [0.4, 0.5) is 0 Å². The van der Waals surface area contributed by atoms with Gasteiger partial charge in [0.2, 0.25) is 0 Å². The van der Waals surface area contributed by atoms with Gasteiger partial charge in [-0.15, -0.1) is 56.7 Å². The van der Waals surface area contributed by atoms with Gasteiger partial charge in [0.15, 0.2) is 0 Å². The molecule has 0 bridgehead atoms. The van der Waals surface area contributed by atoms with Crippen molar-refractivity contribution in [1.29, 1.82) is 0 Å². The highest BCUT2D eigenvalue weighted by molar-refractivity contribution is 7.30. The molecular weight excluding hydrogens is 815 g/mol. The maximum absolute atomic E-state index is 14.2. The Morgan fingerprint density at radius 2 is 1.19 bits per heavy atom. The van der Waals surface area contributed by atoms with Crippen LogP contribution in [-0.2, 0) is 0 Å². The summed E-state index contributed by atoms with van der Waals surface area (Å²) < 4.78 is 16.1. The van der Waals surface area contributed by atoms with Crippen LogP contribution in [0, 0.1) is 11.8 Å². The SMILES string of the molecule is CCCCCCCCN1C(=O)c2c(-c3cccs3)sc(-c3ccc(-c4cc5c(OCC(CC)CCCC)c6sccc6c(OCC(CC)CCCC)c5s4)s3)c2C1=O. The normalized spacial score (nSPS) is 14.0. The molecule has 2 unspecified atom stereocenters. The minimum atomic E-state index is -0.142. The molecule has 0 aliphatic carbocycles. The number of amides is 2. The van der Waals surface area contributed by atoms with Gasteiger partial charge in [0.1, 0.15) is 11.5 Å². The van der Waals surface area contributed by atoms with E-state index in [1.165, 1.54) is 62.7 Å². The summed E-state index contributed by atoms with van der Waals surface area (Å²) >= 11 is 8.45. The third-order valence-corrected chi connectivity index (χ3v) is 17.4. The van der Waals surface area contributed by atoms with Crippen molar-refractivity contribution in [3.05, 3.63) is 58.3 Å². The Balaban J connectivity index is 1.25. The summed E-state index contributed by atoms with van der Waals surface area (Å²) in [6.45, 7) is 13.2. The summed E-state index contributed by atoms with van der Waals surface area (Å²) in [7, 11) is 0. The highest BCUT2D eigenvalue weighted by atomic mass is 32.1. The molecule has 0 fully saturated rings. The molecule has 1 aromatic carbocycles. The van der Waals surface area contributed by atoms with E-state index < -0.39 is 0 Å². The van der Waals surface area contributed by atoms with E-state index in [4.69, 9.17) is 9.47 Å². The van der Waals surface area contributed by atoms with Crippen LogP contribution in [0.25, 0.3) is 49.4 Å². The summed E-state index contributed by atoms with van der Waals surface area (Å²) in [5.74, 6) is 2.71. The minimum Gasteiger partial charge on any atom is -0.491 e. The predicted octanol–water partition coefficient (Wildman–Crippen LogP) is 16.4. The fraction of sp³-hybridized carbons (Fsp3) is 0.500. The first-order valence-corrected chi connectivity index (χ1v) is 26.0. The zero-order chi connectivity index (χ0) is 40.6. The largest absolute Gasteiger partial charge is 0.491 e. The number of thiophene rings is 5. The maximum Gasteiger partial charge on any atom is 0.263 e. The van der Waals surface area contributed by atoms with Crippen molar-refractivity contribution in [3.63, 3.8) is 0 Å². The Kier molecular flexibility index (Phi) is 15.2. The highest BCUT2D eigenvalue weighted by Crippen LogP contribution is 2.53. The molecular formula is C48H59NO4S5. The lowest BCUT2D eigenvalue weighted by atomic mass is 10.0. The molecule has 0 N–H and O–H groups in total. The first kappa shape index (κ1) is 43.1. The second-order valence-electron chi connectivity index (χ2n) is 15.8. The Bertz CT molecular complexity index is 2200. The second kappa shape index (κ2) is 20.5. The van der Waals surface area contributed by atoms with Crippen LogP contribution in [-0.4, -0.2) is 36.5 Å². The molecule has 0 saturated heterocycles. The van der Waals surface area contributed by atoms with Gasteiger partial charge in [-0.2, -0.15) is 0 Å². The number of carbonyl (C=O) groups is 2. The number of nitrogens with zero attached hydrogens (tertiary/aromatic N) is 1. The fourth-order valence-corrected chi connectivity index (χ4v) is 13.5. The molecule has 5 nitrogen and oxygen atoms in total. The average Bonchev–Trinajstić information content (AvgIpc) is 4.10. The molecule has 1 aliphatic rings. The number of benzene rings is 1. The number of carbonyl (C=O) groups excluding carboxylic acids is 2. The highest BCUT2D eigenvalue weighted by Gasteiger charge is 2.42. The van der Waals surface area contributed by atoms with Crippen molar-refractivity contribution in [2.24, 2.45) is 11.8 Å². The summed E-state index contributed by atoms with van der Waals surface area (Å²) in [6, 6.07) is 12.9. The van der Waals surface area contributed by atoms with Crippen molar-refractivity contribution in [2.45, 2.75) is 125 Å². The van der Waals surface area contributed by atoms with E-state index in [1.54, 1.807) is 56.7 Å². The minimum absolute atomic E-state index is 0.138.